The molecule has 0 bridgehead atoms. The van der Waals surface area contributed by atoms with Crippen LogP contribution in [0.1, 0.15) is 23.4 Å². The lowest BCUT2D eigenvalue weighted by atomic mass is 10.1. The molecule has 1 atom stereocenters. The zero-order valence-corrected chi connectivity index (χ0v) is 16.5. The number of anilines is 1. The van der Waals surface area contributed by atoms with Gasteiger partial charge in [0.05, 0.1) is 22.5 Å². The Balaban J connectivity index is 1.38. The van der Waals surface area contributed by atoms with Crippen molar-refractivity contribution in [1.82, 2.24) is 9.97 Å². The average Bonchev–Trinajstić information content (AvgIpc) is 3.21. The van der Waals surface area contributed by atoms with Gasteiger partial charge in [0.1, 0.15) is 11.1 Å². The van der Waals surface area contributed by atoms with E-state index >= 15 is 0 Å². The summed E-state index contributed by atoms with van der Waals surface area (Å²) in [6, 6.07) is 13.6. The number of nitrogens with one attached hydrogen (secondary N) is 2. The lowest BCUT2D eigenvalue weighted by Gasteiger charge is -2.12. The number of thioether (sulfide) groups is 1. The highest BCUT2D eigenvalue weighted by Crippen LogP contribution is 2.28. The summed E-state index contributed by atoms with van der Waals surface area (Å²) in [5.41, 5.74) is 4.65. The molecule has 142 valence electrons. The Morgan fingerprint density at radius 1 is 1.14 bits per heavy atom. The Kier molecular flexibility index (Phi) is 5.00. The van der Waals surface area contributed by atoms with E-state index in [0.717, 1.165) is 33.7 Å². The van der Waals surface area contributed by atoms with Crippen LogP contribution < -0.4 is 5.32 Å². The van der Waals surface area contributed by atoms with Crippen LogP contribution in [-0.4, -0.2) is 32.1 Å². The van der Waals surface area contributed by atoms with Crippen molar-refractivity contribution in [3.8, 4) is 0 Å². The minimum atomic E-state index is -0.483. The number of aryl methyl sites for hydroxylation is 2. The number of aromatic amines is 1. The number of aromatic nitrogens is 2. The van der Waals surface area contributed by atoms with E-state index < -0.39 is 5.25 Å². The van der Waals surface area contributed by atoms with Gasteiger partial charge in [0.2, 0.25) is 5.91 Å². The lowest BCUT2D eigenvalue weighted by molar-refractivity contribution is -0.121. The number of para-hydroxylation sites is 3. The molecule has 0 spiro atoms. The van der Waals surface area contributed by atoms with Crippen LogP contribution in [0.4, 0.5) is 5.69 Å². The van der Waals surface area contributed by atoms with Crippen molar-refractivity contribution in [1.29, 1.82) is 0 Å². The highest BCUT2D eigenvalue weighted by Gasteiger charge is 2.31. The topological polar surface area (TPSA) is 87.2 Å². The standard InChI is InChI=1S/C21H20N4O2S/c1-12-6-5-7-13(2)20(12)24-18(26)10-16-21(27)25-19(28-16)11-17-22-14-8-3-4-9-15(14)23-17/h3-9,16H,10-11H2,1-2H3,(H,22,23)(H,24,26)/t16-/m0/s1. The molecule has 1 aromatic heterocycles. The van der Waals surface area contributed by atoms with Gasteiger partial charge in [-0.15, -0.1) is 0 Å². The molecule has 1 aliphatic rings. The van der Waals surface area contributed by atoms with E-state index in [4.69, 9.17) is 0 Å². The van der Waals surface area contributed by atoms with E-state index in [1.54, 1.807) is 0 Å². The molecule has 0 aliphatic carbocycles. The third-order valence-electron chi connectivity index (χ3n) is 4.66. The Morgan fingerprint density at radius 2 is 1.89 bits per heavy atom. The maximum absolute atomic E-state index is 12.5. The van der Waals surface area contributed by atoms with Gasteiger partial charge in [0.15, 0.2) is 0 Å². The van der Waals surface area contributed by atoms with Gasteiger partial charge in [-0.3, -0.25) is 9.59 Å². The maximum atomic E-state index is 12.5. The molecule has 2 heterocycles. The zero-order chi connectivity index (χ0) is 19.7. The first-order valence-corrected chi connectivity index (χ1v) is 9.95. The smallest absolute Gasteiger partial charge is 0.260 e. The van der Waals surface area contributed by atoms with E-state index in [9.17, 15) is 9.59 Å². The molecule has 1 aliphatic heterocycles. The zero-order valence-electron chi connectivity index (χ0n) is 15.7. The molecule has 0 saturated heterocycles. The third kappa shape index (κ3) is 3.84. The van der Waals surface area contributed by atoms with Crippen molar-refractivity contribution >= 4 is 45.3 Å². The molecule has 2 aromatic carbocycles. The van der Waals surface area contributed by atoms with Crippen molar-refractivity contribution in [2.24, 2.45) is 4.99 Å². The predicted octanol–water partition coefficient (Wildman–Crippen LogP) is 3.79. The van der Waals surface area contributed by atoms with Crippen molar-refractivity contribution in [2.45, 2.75) is 31.9 Å². The molecular weight excluding hydrogens is 372 g/mol. The fourth-order valence-corrected chi connectivity index (χ4v) is 4.33. The summed E-state index contributed by atoms with van der Waals surface area (Å²) in [5.74, 6) is 0.331. The molecule has 0 fully saturated rings. The number of aliphatic imine (C=N–C) groups is 1. The molecule has 4 rings (SSSR count). The van der Waals surface area contributed by atoms with Gasteiger partial charge in [-0.2, -0.15) is 0 Å². The van der Waals surface area contributed by atoms with Crippen molar-refractivity contribution in [2.75, 3.05) is 5.32 Å². The van der Waals surface area contributed by atoms with Crippen LogP contribution in [0.5, 0.6) is 0 Å². The number of hydrogen-bond acceptors (Lipinski definition) is 4. The Labute approximate surface area is 166 Å². The first-order valence-electron chi connectivity index (χ1n) is 9.07. The number of benzene rings is 2. The number of fused-ring (bicyclic) bond motifs is 1. The van der Waals surface area contributed by atoms with Crippen LogP contribution in [0, 0.1) is 13.8 Å². The highest BCUT2D eigenvalue weighted by atomic mass is 32.2. The monoisotopic (exact) mass is 392 g/mol. The predicted molar refractivity (Wildman–Crippen MR) is 113 cm³/mol. The summed E-state index contributed by atoms with van der Waals surface area (Å²) in [4.78, 5) is 36.6. The molecule has 7 heteroatoms. The summed E-state index contributed by atoms with van der Waals surface area (Å²) >= 11 is 1.35. The Morgan fingerprint density at radius 3 is 2.64 bits per heavy atom. The maximum Gasteiger partial charge on any atom is 0.260 e. The number of hydrogen-bond donors (Lipinski definition) is 2. The van der Waals surface area contributed by atoms with Gasteiger partial charge in [-0.05, 0) is 37.1 Å². The van der Waals surface area contributed by atoms with E-state index in [2.05, 4.69) is 20.3 Å². The fourth-order valence-electron chi connectivity index (χ4n) is 3.25. The van der Waals surface area contributed by atoms with Crippen molar-refractivity contribution < 1.29 is 9.59 Å². The SMILES string of the molecule is Cc1cccc(C)c1NC(=O)C[C@@H]1SC(Cc2nc3ccccc3[nH]2)=NC1=O. The second kappa shape index (κ2) is 7.59. The normalized spacial score (nSPS) is 16.4. The number of nitrogens with zero attached hydrogens (tertiary/aromatic N) is 2. The third-order valence-corrected chi connectivity index (χ3v) is 5.82. The molecule has 0 radical (unpaired) electrons. The number of carbonyl (C=O) groups excluding carboxylic acids is 2. The lowest BCUT2D eigenvalue weighted by Crippen LogP contribution is -2.22. The summed E-state index contributed by atoms with van der Waals surface area (Å²) < 4.78 is 0. The quantitative estimate of drug-likeness (QED) is 0.691. The minimum absolute atomic E-state index is 0.102. The molecule has 28 heavy (non-hydrogen) atoms. The summed E-state index contributed by atoms with van der Waals surface area (Å²) in [5, 5.41) is 3.14. The van der Waals surface area contributed by atoms with Crippen LogP contribution in [0.25, 0.3) is 11.0 Å². The second-order valence-electron chi connectivity index (χ2n) is 6.85. The molecular formula is C21H20N4O2S. The second-order valence-corrected chi connectivity index (χ2v) is 8.12. The van der Waals surface area contributed by atoms with Crippen molar-refractivity contribution in [3.05, 3.63) is 59.4 Å². The summed E-state index contributed by atoms with van der Waals surface area (Å²) in [6.45, 7) is 3.90. The number of rotatable bonds is 5. The van der Waals surface area contributed by atoms with Gasteiger partial charge >= 0.3 is 0 Å². The largest absolute Gasteiger partial charge is 0.342 e. The first kappa shape index (κ1) is 18.4. The molecule has 0 saturated carbocycles. The van der Waals surface area contributed by atoms with E-state index in [0.29, 0.717) is 11.5 Å². The van der Waals surface area contributed by atoms with Gasteiger partial charge in [-0.1, -0.05) is 42.1 Å². The molecule has 0 unspecified atom stereocenters. The number of H-pyrrole nitrogens is 1. The van der Waals surface area contributed by atoms with Crippen LogP contribution >= 0.6 is 11.8 Å². The summed E-state index contributed by atoms with van der Waals surface area (Å²) in [7, 11) is 0. The molecule has 6 nitrogen and oxygen atoms in total. The Hall–Kier alpha value is -2.93. The molecule has 2 amide bonds. The van der Waals surface area contributed by atoms with Gasteiger partial charge < -0.3 is 10.3 Å². The number of carbonyl (C=O) groups is 2. The van der Waals surface area contributed by atoms with Crippen LogP contribution in [0.2, 0.25) is 0 Å². The molecule has 3 aromatic rings. The van der Waals surface area contributed by atoms with Crippen LogP contribution in [-0.2, 0) is 16.0 Å². The molecule has 2 N–H and O–H groups in total. The first-order chi connectivity index (χ1) is 13.5. The van der Waals surface area contributed by atoms with Gasteiger partial charge in [0.25, 0.3) is 5.91 Å². The van der Waals surface area contributed by atoms with Crippen LogP contribution in [0.15, 0.2) is 47.5 Å². The van der Waals surface area contributed by atoms with Crippen LogP contribution in [0.3, 0.4) is 0 Å². The number of amides is 2. The summed E-state index contributed by atoms with van der Waals surface area (Å²) in [6.07, 6.45) is 0.560. The fraction of sp³-hybridized carbons (Fsp3) is 0.238. The highest BCUT2D eigenvalue weighted by molar-refractivity contribution is 8.15. The minimum Gasteiger partial charge on any atom is -0.342 e. The average molecular weight is 392 g/mol. The van der Waals surface area contributed by atoms with E-state index in [-0.39, 0.29) is 18.2 Å². The van der Waals surface area contributed by atoms with Gasteiger partial charge in [-0.25, -0.2) is 9.98 Å². The van der Waals surface area contributed by atoms with Crippen molar-refractivity contribution in [3.63, 3.8) is 0 Å². The number of imidazole rings is 1. The Bertz CT molecular complexity index is 1050. The van der Waals surface area contributed by atoms with E-state index in [1.807, 2.05) is 56.3 Å². The van der Waals surface area contributed by atoms with Gasteiger partial charge in [0, 0.05) is 12.1 Å². The van der Waals surface area contributed by atoms with E-state index in [1.165, 1.54) is 11.8 Å².